The molecule has 0 saturated carbocycles. The summed E-state index contributed by atoms with van der Waals surface area (Å²) in [5.41, 5.74) is 5.19. The van der Waals surface area contributed by atoms with Gasteiger partial charge in [0.1, 0.15) is 6.04 Å². The maximum absolute atomic E-state index is 13.6. The number of alkyl carbamates (subject to hydrolysis) is 1. The van der Waals surface area contributed by atoms with E-state index in [2.05, 4.69) is 34.3 Å². The minimum atomic E-state index is -1.97. The Morgan fingerprint density at radius 3 is 2.47 bits per heavy atom. The van der Waals surface area contributed by atoms with Crippen molar-refractivity contribution in [1.82, 2.24) is 21.1 Å². The Kier molecular flexibility index (Phi) is 10.2. The standard InChI is InChI=1S/C36H44N4O6S/c1-35(2,3)31(38-34(44)46-5)32(42)39-40(20-22-14-16-23(17-15-22)29-19-25-11-7-9-13-28(25)47-29)21-36(4,45)33(43)37-30-26-12-8-6-10-24(26)18-27(30)41/h6,8-10,12-17,19,27,30-31,41,45H,7,11,18,20-21H2,1-5H3,(H,37,43)(H,38,44)(H,39,42)/t27-,30+,31-,36+/m1/s1. The van der Waals surface area contributed by atoms with Crippen LogP contribution in [0.3, 0.4) is 0 Å². The third kappa shape index (κ3) is 8.10. The number of aliphatic hydroxyl groups excluding tert-OH is 1. The Bertz CT molecular complexity index is 1640. The highest BCUT2D eigenvalue weighted by Gasteiger charge is 2.40. The number of fused-ring (bicyclic) bond motifs is 2. The molecule has 5 N–H and O–H groups in total. The van der Waals surface area contributed by atoms with Crippen LogP contribution in [-0.2, 0) is 33.7 Å². The lowest BCUT2D eigenvalue weighted by Crippen LogP contribution is -2.60. The molecule has 1 heterocycles. The van der Waals surface area contributed by atoms with Crippen LogP contribution < -0.4 is 16.1 Å². The molecule has 0 spiro atoms. The van der Waals surface area contributed by atoms with E-state index in [4.69, 9.17) is 4.74 Å². The largest absolute Gasteiger partial charge is 0.453 e. The summed E-state index contributed by atoms with van der Waals surface area (Å²) in [7, 11) is 1.22. The Morgan fingerprint density at radius 2 is 1.79 bits per heavy atom. The summed E-state index contributed by atoms with van der Waals surface area (Å²) in [6, 6.07) is 16.0. The van der Waals surface area contributed by atoms with E-state index in [1.54, 1.807) is 11.3 Å². The molecule has 2 aliphatic rings. The third-order valence-corrected chi connectivity index (χ3v) is 9.82. The molecule has 4 atom stereocenters. The molecule has 0 aliphatic heterocycles. The quantitative estimate of drug-likeness (QED) is 0.202. The molecule has 250 valence electrons. The number of nitrogens with zero attached hydrogens (tertiary/aromatic N) is 1. The number of benzene rings is 2. The summed E-state index contributed by atoms with van der Waals surface area (Å²) in [6.45, 7) is 6.67. The number of carbonyl (C=O) groups excluding carboxylic acids is 3. The molecule has 3 aromatic rings. The second kappa shape index (κ2) is 14.0. The van der Waals surface area contributed by atoms with Crippen LogP contribution in [0.2, 0.25) is 0 Å². The molecule has 0 radical (unpaired) electrons. The topological polar surface area (TPSA) is 140 Å². The van der Waals surface area contributed by atoms with Gasteiger partial charge in [-0.1, -0.05) is 75.4 Å². The Labute approximate surface area is 279 Å². The van der Waals surface area contributed by atoms with Crippen molar-refractivity contribution in [3.8, 4) is 10.4 Å². The van der Waals surface area contributed by atoms with Gasteiger partial charge in [0, 0.05) is 22.7 Å². The first-order valence-corrected chi connectivity index (χ1v) is 16.6. The maximum atomic E-state index is 13.6. The number of carbonyl (C=O) groups is 3. The lowest BCUT2D eigenvalue weighted by molar-refractivity contribution is -0.145. The third-order valence-electron chi connectivity index (χ3n) is 8.63. The predicted molar refractivity (Wildman–Crippen MR) is 182 cm³/mol. The number of thiophene rings is 1. The first-order valence-electron chi connectivity index (χ1n) is 15.8. The molecule has 0 unspecified atom stereocenters. The van der Waals surface area contributed by atoms with E-state index in [9.17, 15) is 24.6 Å². The lowest BCUT2D eigenvalue weighted by atomic mass is 9.86. The minimum absolute atomic E-state index is 0.156. The Balaban J connectivity index is 1.36. The summed E-state index contributed by atoms with van der Waals surface area (Å²) >= 11 is 1.75. The summed E-state index contributed by atoms with van der Waals surface area (Å²) in [5.74, 6) is -1.23. The maximum Gasteiger partial charge on any atom is 0.407 e. The molecular formula is C36H44N4O6S. The van der Waals surface area contributed by atoms with Gasteiger partial charge in [0.05, 0.1) is 25.8 Å². The van der Waals surface area contributed by atoms with Crippen LogP contribution >= 0.6 is 11.3 Å². The zero-order chi connectivity index (χ0) is 33.9. The van der Waals surface area contributed by atoms with Crippen LogP contribution in [0.5, 0.6) is 0 Å². The van der Waals surface area contributed by atoms with Crippen LogP contribution in [0.25, 0.3) is 16.5 Å². The Morgan fingerprint density at radius 1 is 1.06 bits per heavy atom. The second-order valence-corrected chi connectivity index (χ2v) is 14.7. The van der Waals surface area contributed by atoms with E-state index in [1.165, 1.54) is 34.4 Å². The number of methoxy groups -OCH3 is 1. The fourth-order valence-electron chi connectivity index (χ4n) is 6.04. The van der Waals surface area contributed by atoms with E-state index >= 15 is 0 Å². The first-order chi connectivity index (χ1) is 22.2. The number of hydrogen-bond acceptors (Lipinski definition) is 8. The van der Waals surface area contributed by atoms with Gasteiger partial charge in [-0.3, -0.25) is 15.0 Å². The second-order valence-electron chi connectivity index (χ2n) is 13.6. The van der Waals surface area contributed by atoms with Gasteiger partial charge < -0.3 is 25.6 Å². The van der Waals surface area contributed by atoms with Gasteiger partial charge in [-0.05, 0) is 65.1 Å². The van der Waals surface area contributed by atoms with Crippen molar-refractivity contribution in [2.45, 2.75) is 77.3 Å². The highest BCUT2D eigenvalue weighted by Crippen LogP contribution is 2.35. The molecular weight excluding hydrogens is 616 g/mol. The summed E-state index contributed by atoms with van der Waals surface area (Å²) in [6.07, 6.45) is 5.27. The van der Waals surface area contributed by atoms with E-state index in [0.717, 1.165) is 35.1 Å². The number of hydrazine groups is 1. The van der Waals surface area contributed by atoms with Crippen molar-refractivity contribution < 1.29 is 29.3 Å². The highest BCUT2D eigenvalue weighted by molar-refractivity contribution is 7.16. The predicted octanol–water partition coefficient (Wildman–Crippen LogP) is 4.50. The lowest BCUT2D eigenvalue weighted by Gasteiger charge is -2.35. The van der Waals surface area contributed by atoms with Crippen molar-refractivity contribution in [3.05, 3.63) is 87.8 Å². The Hall–Kier alpha value is -4.03. The van der Waals surface area contributed by atoms with Gasteiger partial charge in [0.2, 0.25) is 0 Å². The highest BCUT2D eigenvalue weighted by atomic mass is 32.1. The summed E-state index contributed by atoms with van der Waals surface area (Å²) in [4.78, 5) is 41.8. The van der Waals surface area contributed by atoms with Crippen LogP contribution in [0, 0.1) is 5.41 Å². The van der Waals surface area contributed by atoms with Crippen molar-refractivity contribution in [3.63, 3.8) is 0 Å². The van der Waals surface area contributed by atoms with Crippen molar-refractivity contribution in [1.29, 1.82) is 0 Å². The molecule has 11 heteroatoms. The monoisotopic (exact) mass is 660 g/mol. The first kappa shape index (κ1) is 34.3. The van der Waals surface area contributed by atoms with Crippen molar-refractivity contribution >= 4 is 35.3 Å². The van der Waals surface area contributed by atoms with Gasteiger partial charge >= 0.3 is 6.09 Å². The zero-order valence-corrected chi connectivity index (χ0v) is 28.3. The number of aliphatic hydroxyl groups is 2. The summed E-state index contributed by atoms with van der Waals surface area (Å²) < 4.78 is 4.75. The molecule has 2 aliphatic carbocycles. The number of nitrogens with one attached hydrogen (secondary N) is 3. The zero-order valence-electron chi connectivity index (χ0n) is 27.5. The number of hydrogen-bond donors (Lipinski definition) is 5. The van der Waals surface area contributed by atoms with Gasteiger partial charge in [-0.25, -0.2) is 9.80 Å². The molecule has 47 heavy (non-hydrogen) atoms. The molecule has 1 aromatic heterocycles. The summed E-state index contributed by atoms with van der Waals surface area (Å²) in [5, 5.41) is 29.1. The molecule has 0 fully saturated rings. The van der Waals surface area contributed by atoms with Crippen LogP contribution in [0.4, 0.5) is 4.79 Å². The normalized spacial score (nSPS) is 18.9. The molecule has 0 bridgehead atoms. The van der Waals surface area contributed by atoms with Crippen LogP contribution in [0.1, 0.15) is 67.3 Å². The SMILES string of the molecule is COC(=O)N[C@H](C(=O)NN(Cc1ccc(-c2cc3c(s2)C=CCC3)cc1)C[C@](C)(O)C(=O)N[C@H]1c2ccccc2C[C@H]1O)C(C)(C)C. The van der Waals surface area contributed by atoms with Crippen molar-refractivity contribution in [2.24, 2.45) is 5.41 Å². The van der Waals surface area contributed by atoms with E-state index in [-0.39, 0.29) is 13.1 Å². The van der Waals surface area contributed by atoms with Crippen LogP contribution in [0.15, 0.2) is 60.7 Å². The van der Waals surface area contributed by atoms with Crippen LogP contribution in [-0.4, -0.2) is 64.5 Å². The molecule has 10 nitrogen and oxygen atoms in total. The van der Waals surface area contributed by atoms with Gasteiger partial charge in [0.25, 0.3) is 11.8 Å². The number of amides is 3. The smallest absolute Gasteiger partial charge is 0.407 e. The molecule has 0 saturated heterocycles. The van der Waals surface area contributed by atoms with E-state index in [0.29, 0.717) is 6.42 Å². The van der Waals surface area contributed by atoms with E-state index in [1.807, 2.05) is 69.3 Å². The number of rotatable bonds is 10. The van der Waals surface area contributed by atoms with E-state index < -0.39 is 47.1 Å². The number of ether oxygens (including phenoxy) is 1. The van der Waals surface area contributed by atoms with Gasteiger partial charge in [-0.15, -0.1) is 11.3 Å². The average molecular weight is 661 g/mol. The number of aryl methyl sites for hydroxylation is 1. The number of allylic oxidation sites excluding steroid dienone is 1. The molecule has 2 aromatic carbocycles. The molecule has 3 amide bonds. The van der Waals surface area contributed by atoms with Gasteiger partial charge in [-0.2, -0.15) is 0 Å². The minimum Gasteiger partial charge on any atom is -0.453 e. The molecule has 5 rings (SSSR count). The van der Waals surface area contributed by atoms with Crippen molar-refractivity contribution in [2.75, 3.05) is 13.7 Å². The van der Waals surface area contributed by atoms with Gasteiger partial charge in [0.15, 0.2) is 5.60 Å². The average Bonchev–Trinajstić information content (AvgIpc) is 3.59. The fraction of sp³-hybridized carbons (Fsp3) is 0.417. The fourth-order valence-corrected chi connectivity index (χ4v) is 7.19.